The fourth-order valence-electron chi connectivity index (χ4n) is 3.22. The molecular formula is C14H23N5O. The molecule has 2 aliphatic heterocycles. The first kappa shape index (κ1) is 13.6. The molecule has 110 valence electrons. The second-order valence-corrected chi connectivity index (χ2v) is 5.63. The van der Waals surface area contributed by atoms with Crippen LogP contribution in [-0.4, -0.2) is 54.2 Å². The lowest BCUT2D eigenvalue weighted by molar-refractivity contribution is 0.133. The molecule has 0 aromatic carbocycles. The smallest absolute Gasteiger partial charge is 0.158 e. The molecule has 3 heterocycles. The van der Waals surface area contributed by atoms with Crippen molar-refractivity contribution in [3.8, 4) is 0 Å². The third kappa shape index (κ3) is 2.86. The third-order valence-corrected chi connectivity index (χ3v) is 4.21. The van der Waals surface area contributed by atoms with Gasteiger partial charge >= 0.3 is 0 Å². The molecule has 0 saturated carbocycles. The molecule has 0 aliphatic carbocycles. The number of ether oxygens (including phenoxy) is 1. The fourth-order valence-corrected chi connectivity index (χ4v) is 3.22. The standard InChI is InChI=1S/C14H23N5O/c1-20-10-13-16-12(15)8-14(17-13)19-7-6-18-5-3-2-4-11(18)9-19/h8,11H,2-7,9-10H2,1H3,(H2,15,16,17). The largest absolute Gasteiger partial charge is 0.384 e. The summed E-state index contributed by atoms with van der Waals surface area (Å²) in [5, 5.41) is 0. The molecule has 0 spiro atoms. The average molecular weight is 277 g/mol. The van der Waals surface area contributed by atoms with E-state index in [1.54, 1.807) is 7.11 Å². The third-order valence-electron chi connectivity index (χ3n) is 4.21. The van der Waals surface area contributed by atoms with Crippen molar-refractivity contribution in [2.45, 2.75) is 31.9 Å². The lowest BCUT2D eigenvalue weighted by atomic mass is 9.99. The van der Waals surface area contributed by atoms with E-state index in [9.17, 15) is 0 Å². The summed E-state index contributed by atoms with van der Waals surface area (Å²) in [5.74, 6) is 2.12. The Balaban J connectivity index is 1.75. The number of piperidine rings is 1. The summed E-state index contributed by atoms with van der Waals surface area (Å²) in [4.78, 5) is 13.7. The monoisotopic (exact) mass is 277 g/mol. The maximum absolute atomic E-state index is 5.88. The summed E-state index contributed by atoms with van der Waals surface area (Å²) >= 11 is 0. The van der Waals surface area contributed by atoms with Crippen molar-refractivity contribution in [2.24, 2.45) is 0 Å². The second kappa shape index (κ2) is 5.93. The highest BCUT2D eigenvalue weighted by Gasteiger charge is 2.29. The molecule has 1 aromatic rings. The van der Waals surface area contributed by atoms with E-state index in [0.717, 1.165) is 25.5 Å². The van der Waals surface area contributed by atoms with E-state index in [1.165, 1.54) is 25.8 Å². The van der Waals surface area contributed by atoms with Gasteiger partial charge in [-0.1, -0.05) is 6.42 Å². The molecule has 1 unspecified atom stereocenters. The maximum atomic E-state index is 5.88. The van der Waals surface area contributed by atoms with Crippen LogP contribution in [0.15, 0.2) is 6.07 Å². The van der Waals surface area contributed by atoms with Gasteiger partial charge in [-0.15, -0.1) is 0 Å². The van der Waals surface area contributed by atoms with Crippen molar-refractivity contribution in [3.63, 3.8) is 0 Å². The van der Waals surface area contributed by atoms with Crippen molar-refractivity contribution in [1.82, 2.24) is 14.9 Å². The Morgan fingerprint density at radius 2 is 2.20 bits per heavy atom. The molecule has 6 nitrogen and oxygen atoms in total. The van der Waals surface area contributed by atoms with E-state index in [0.29, 0.717) is 24.3 Å². The summed E-state index contributed by atoms with van der Waals surface area (Å²) in [6.45, 7) is 4.83. The zero-order valence-corrected chi connectivity index (χ0v) is 12.1. The number of fused-ring (bicyclic) bond motifs is 1. The molecule has 2 aliphatic rings. The molecular weight excluding hydrogens is 254 g/mol. The number of hydrogen-bond acceptors (Lipinski definition) is 6. The number of piperazine rings is 1. The number of rotatable bonds is 3. The minimum Gasteiger partial charge on any atom is -0.384 e. The number of nitrogen functional groups attached to an aromatic ring is 1. The highest BCUT2D eigenvalue weighted by molar-refractivity contribution is 5.47. The van der Waals surface area contributed by atoms with Gasteiger partial charge in [0, 0.05) is 38.9 Å². The van der Waals surface area contributed by atoms with Crippen molar-refractivity contribution < 1.29 is 4.74 Å². The van der Waals surface area contributed by atoms with E-state index in [1.807, 2.05) is 6.07 Å². The first-order chi connectivity index (χ1) is 9.76. The predicted octanol–water partition coefficient (Wildman–Crippen LogP) is 0.880. The van der Waals surface area contributed by atoms with E-state index in [2.05, 4.69) is 19.8 Å². The summed E-state index contributed by atoms with van der Waals surface area (Å²) in [7, 11) is 1.65. The molecule has 0 radical (unpaired) electrons. The molecule has 6 heteroatoms. The van der Waals surface area contributed by atoms with E-state index in [4.69, 9.17) is 10.5 Å². The number of anilines is 2. The Hall–Kier alpha value is -1.40. The van der Waals surface area contributed by atoms with E-state index >= 15 is 0 Å². The van der Waals surface area contributed by atoms with Gasteiger partial charge in [0.1, 0.15) is 18.2 Å². The number of nitrogens with zero attached hydrogens (tertiary/aromatic N) is 4. The number of nitrogens with two attached hydrogens (primary N) is 1. The number of methoxy groups -OCH3 is 1. The zero-order valence-electron chi connectivity index (χ0n) is 12.1. The second-order valence-electron chi connectivity index (χ2n) is 5.63. The van der Waals surface area contributed by atoms with Crippen molar-refractivity contribution >= 4 is 11.6 Å². The Labute approximate surface area is 119 Å². The van der Waals surface area contributed by atoms with Crippen LogP contribution in [0.5, 0.6) is 0 Å². The van der Waals surface area contributed by atoms with E-state index < -0.39 is 0 Å². The minimum absolute atomic E-state index is 0.404. The lowest BCUT2D eigenvalue weighted by Crippen LogP contribution is -2.55. The van der Waals surface area contributed by atoms with E-state index in [-0.39, 0.29) is 0 Å². The van der Waals surface area contributed by atoms with Gasteiger partial charge in [-0.2, -0.15) is 0 Å². The minimum atomic E-state index is 0.404. The zero-order chi connectivity index (χ0) is 13.9. The van der Waals surface area contributed by atoms with Crippen LogP contribution in [0.25, 0.3) is 0 Å². The highest BCUT2D eigenvalue weighted by atomic mass is 16.5. The number of hydrogen-bond donors (Lipinski definition) is 1. The van der Waals surface area contributed by atoms with Crippen LogP contribution in [0.3, 0.4) is 0 Å². The lowest BCUT2D eigenvalue weighted by Gasteiger charge is -2.44. The maximum Gasteiger partial charge on any atom is 0.158 e. The molecule has 2 saturated heterocycles. The van der Waals surface area contributed by atoms with Gasteiger partial charge in [0.05, 0.1) is 0 Å². The van der Waals surface area contributed by atoms with Crippen molar-refractivity contribution in [1.29, 1.82) is 0 Å². The van der Waals surface area contributed by atoms with Crippen LogP contribution in [0.4, 0.5) is 11.6 Å². The van der Waals surface area contributed by atoms with Crippen molar-refractivity contribution in [3.05, 3.63) is 11.9 Å². The highest BCUT2D eigenvalue weighted by Crippen LogP contribution is 2.24. The SMILES string of the molecule is COCc1nc(N)cc(N2CCN3CCCCC3C2)n1. The van der Waals surface area contributed by atoms with Gasteiger partial charge in [0.15, 0.2) is 5.82 Å². The Morgan fingerprint density at radius 3 is 3.05 bits per heavy atom. The van der Waals surface area contributed by atoms with Crippen LogP contribution in [0, 0.1) is 0 Å². The van der Waals surface area contributed by atoms with Crippen LogP contribution < -0.4 is 10.6 Å². The first-order valence-electron chi connectivity index (χ1n) is 7.37. The Kier molecular flexibility index (Phi) is 4.03. The molecule has 1 aromatic heterocycles. The fraction of sp³-hybridized carbons (Fsp3) is 0.714. The summed E-state index contributed by atoms with van der Waals surface area (Å²) in [5.41, 5.74) is 5.88. The molecule has 0 amide bonds. The van der Waals surface area contributed by atoms with Crippen LogP contribution in [-0.2, 0) is 11.3 Å². The molecule has 1 atom stereocenters. The quantitative estimate of drug-likeness (QED) is 0.884. The predicted molar refractivity (Wildman–Crippen MR) is 78.6 cm³/mol. The van der Waals surface area contributed by atoms with Gasteiger partial charge in [0.25, 0.3) is 0 Å². The average Bonchev–Trinajstić information content (AvgIpc) is 2.46. The van der Waals surface area contributed by atoms with Crippen LogP contribution in [0.2, 0.25) is 0 Å². The molecule has 2 N–H and O–H groups in total. The molecule has 2 fully saturated rings. The topological polar surface area (TPSA) is 67.5 Å². The molecule has 0 bridgehead atoms. The van der Waals surface area contributed by atoms with Gasteiger partial charge in [0.2, 0.25) is 0 Å². The molecule has 20 heavy (non-hydrogen) atoms. The van der Waals surface area contributed by atoms with Gasteiger partial charge in [-0.05, 0) is 19.4 Å². The van der Waals surface area contributed by atoms with Gasteiger partial charge in [-0.25, -0.2) is 9.97 Å². The first-order valence-corrected chi connectivity index (χ1v) is 7.37. The van der Waals surface area contributed by atoms with Gasteiger partial charge in [-0.3, -0.25) is 4.90 Å². The summed E-state index contributed by atoms with van der Waals surface area (Å²) in [6.07, 6.45) is 3.98. The Morgan fingerprint density at radius 1 is 1.30 bits per heavy atom. The summed E-state index contributed by atoms with van der Waals surface area (Å²) < 4.78 is 5.10. The molecule has 3 rings (SSSR count). The van der Waals surface area contributed by atoms with Crippen molar-refractivity contribution in [2.75, 3.05) is 43.9 Å². The van der Waals surface area contributed by atoms with Crippen LogP contribution in [0.1, 0.15) is 25.1 Å². The Bertz CT molecular complexity index is 467. The summed E-state index contributed by atoms with van der Waals surface area (Å²) in [6, 6.07) is 2.54. The normalized spacial score (nSPS) is 23.6. The van der Waals surface area contributed by atoms with Gasteiger partial charge < -0.3 is 15.4 Å². The number of aromatic nitrogens is 2. The van der Waals surface area contributed by atoms with Crippen LogP contribution >= 0.6 is 0 Å².